The Balaban J connectivity index is 1.70. The number of carbonyl (C=O) groups is 1. The molecule has 2 heterocycles. The molecule has 0 amide bonds. The van der Waals surface area contributed by atoms with Gasteiger partial charge >= 0.3 is 0 Å². The van der Waals surface area contributed by atoms with Crippen molar-refractivity contribution < 1.29 is 4.79 Å². The number of hydrogen-bond acceptors (Lipinski definition) is 7. The summed E-state index contributed by atoms with van der Waals surface area (Å²) < 4.78 is 0. The third kappa shape index (κ3) is 3.98. The minimum absolute atomic E-state index is 0.0481. The molecule has 0 spiro atoms. The van der Waals surface area contributed by atoms with Gasteiger partial charge in [-0.15, -0.1) is 20.4 Å². The van der Waals surface area contributed by atoms with E-state index in [1.165, 1.54) is 0 Å². The van der Waals surface area contributed by atoms with E-state index in [2.05, 4.69) is 41.2 Å². The Morgan fingerprint density at radius 3 is 1.50 bits per heavy atom. The first-order valence-electron chi connectivity index (χ1n) is 8.89. The summed E-state index contributed by atoms with van der Waals surface area (Å²) in [4.78, 5) is 13.7. The predicted molar refractivity (Wildman–Crippen MR) is 99.1 cm³/mol. The average molecular weight is 374 g/mol. The summed E-state index contributed by atoms with van der Waals surface area (Å²) in [5.74, 6) is 0.195. The number of nitrogens with one attached hydrogen (secondary N) is 2. The molecule has 4 aromatic rings. The quantitative estimate of drug-likeness (QED) is 0.480. The Morgan fingerprint density at radius 2 is 1.14 bits per heavy atom. The Bertz CT molecular complexity index is 905. The second kappa shape index (κ2) is 8.30. The molecule has 9 nitrogen and oxygen atoms in total. The van der Waals surface area contributed by atoms with Gasteiger partial charge in [-0.1, -0.05) is 71.1 Å². The van der Waals surface area contributed by atoms with Gasteiger partial charge < -0.3 is 0 Å². The lowest BCUT2D eigenvalue weighted by Gasteiger charge is -2.22. The van der Waals surface area contributed by atoms with Gasteiger partial charge in [-0.3, -0.25) is 4.79 Å². The van der Waals surface area contributed by atoms with Gasteiger partial charge in [0, 0.05) is 12.8 Å². The molecule has 2 atom stereocenters. The highest BCUT2D eigenvalue weighted by atomic mass is 16.1. The van der Waals surface area contributed by atoms with Crippen molar-refractivity contribution in [2.45, 2.75) is 24.7 Å². The molecule has 0 fully saturated rings. The maximum absolute atomic E-state index is 13.7. The minimum atomic E-state index is -0.420. The molecular formula is C19H18N8O. The van der Waals surface area contributed by atoms with E-state index in [9.17, 15) is 4.79 Å². The summed E-state index contributed by atoms with van der Waals surface area (Å²) in [7, 11) is 0. The summed E-state index contributed by atoms with van der Waals surface area (Å²) in [5.41, 5.74) is 1.82. The van der Waals surface area contributed by atoms with E-state index >= 15 is 0 Å². The molecule has 28 heavy (non-hydrogen) atoms. The van der Waals surface area contributed by atoms with E-state index in [1.807, 2.05) is 60.7 Å². The lowest BCUT2D eigenvalue weighted by molar-refractivity contribution is -0.122. The number of Topliss-reactive ketones (excluding diaryl/α,β-unsaturated/α-hetero) is 1. The summed E-state index contributed by atoms with van der Waals surface area (Å²) in [5, 5.41) is 28.3. The highest BCUT2D eigenvalue weighted by Gasteiger charge is 2.31. The van der Waals surface area contributed by atoms with Crippen LogP contribution in [0.15, 0.2) is 60.7 Å². The summed E-state index contributed by atoms with van der Waals surface area (Å²) in [6.45, 7) is 0. The topological polar surface area (TPSA) is 126 Å². The first-order chi connectivity index (χ1) is 13.8. The van der Waals surface area contributed by atoms with Gasteiger partial charge in [0.1, 0.15) is 5.78 Å². The Morgan fingerprint density at radius 1 is 0.714 bits per heavy atom. The molecule has 9 heteroatoms. The maximum atomic E-state index is 13.7. The Kier molecular flexibility index (Phi) is 5.23. The minimum Gasteiger partial charge on any atom is -0.298 e. The van der Waals surface area contributed by atoms with E-state index in [-0.39, 0.29) is 5.78 Å². The summed E-state index contributed by atoms with van der Waals surface area (Å²) in [6.07, 6.45) is 0.712. The van der Waals surface area contributed by atoms with Crippen LogP contribution < -0.4 is 0 Å². The van der Waals surface area contributed by atoms with Crippen LogP contribution >= 0.6 is 0 Å². The van der Waals surface area contributed by atoms with Crippen LogP contribution in [-0.2, 0) is 17.6 Å². The molecule has 2 aromatic carbocycles. The maximum Gasteiger partial charge on any atom is 0.175 e. The largest absolute Gasteiger partial charge is 0.298 e. The fourth-order valence-corrected chi connectivity index (χ4v) is 3.28. The van der Waals surface area contributed by atoms with Crippen molar-refractivity contribution in [2.75, 3.05) is 0 Å². The second-order valence-corrected chi connectivity index (χ2v) is 6.39. The van der Waals surface area contributed by atoms with Crippen molar-refractivity contribution >= 4 is 5.78 Å². The molecule has 0 aliphatic heterocycles. The van der Waals surface area contributed by atoms with Crippen LogP contribution in [0.2, 0.25) is 0 Å². The molecule has 140 valence electrons. The smallest absolute Gasteiger partial charge is 0.175 e. The SMILES string of the molecule is O=C(C(Cc1nn[nH]n1)c1ccccc1)C(Cc1nn[nH]n1)c1ccccc1. The first-order valence-corrected chi connectivity index (χ1v) is 8.89. The Hall–Kier alpha value is -3.75. The molecule has 0 aliphatic carbocycles. The zero-order valence-corrected chi connectivity index (χ0v) is 14.9. The molecule has 0 saturated heterocycles. The average Bonchev–Trinajstić information content (AvgIpc) is 3.45. The number of aromatic amines is 2. The van der Waals surface area contributed by atoms with Crippen molar-refractivity contribution in [3.8, 4) is 0 Å². The molecule has 4 rings (SSSR count). The zero-order valence-electron chi connectivity index (χ0n) is 14.9. The number of tetrazole rings is 2. The number of H-pyrrole nitrogens is 2. The number of carbonyl (C=O) groups excluding carboxylic acids is 1. The van der Waals surface area contributed by atoms with Crippen LogP contribution in [0.3, 0.4) is 0 Å². The lowest BCUT2D eigenvalue weighted by Crippen LogP contribution is -2.25. The Labute approximate surface area is 160 Å². The van der Waals surface area contributed by atoms with Gasteiger partial charge in [-0.2, -0.15) is 10.4 Å². The molecule has 2 unspecified atom stereocenters. The van der Waals surface area contributed by atoms with Crippen LogP contribution in [0, 0.1) is 0 Å². The van der Waals surface area contributed by atoms with Gasteiger partial charge in [0.15, 0.2) is 11.6 Å². The number of benzene rings is 2. The van der Waals surface area contributed by atoms with Crippen molar-refractivity contribution in [2.24, 2.45) is 0 Å². The molecule has 2 N–H and O–H groups in total. The molecule has 0 aliphatic rings. The molecule has 0 bridgehead atoms. The zero-order chi connectivity index (χ0) is 19.2. The predicted octanol–water partition coefficient (Wildman–Crippen LogP) is 1.63. The van der Waals surface area contributed by atoms with Gasteiger partial charge in [0.25, 0.3) is 0 Å². The molecule has 0 radical (unpaired) electrons. The fourth-order valence-electron chi connectivity index (χ4n) is 3.28. The van der Waals surface area contributed by atoms with Crippen LogP contribution in [0.5, 0.6) is 0 Å². The number of hydrogen-bond donors (Lipinski definition) is 2. The van der Waals surface area contributed by atoms with Crippen LogP contribution in [0.25, 0.3) is 0 Å². The van der Waals surface area contributed by atoms with Gasteiger partial charge in [-0.25, -0.2) is 0 Å². The third-order valence-electron chi connectivity index (χ3n) is 4.64. The van der Waals surface area contributed by atoms with E-state index in [4.69, 9.17) is 0 Å². The lowest BCUT2D eigenvalue weighted by atomic mass is 9.80. The standard InChI is InChI=1S/C19H18N8O/c28-19(15(11-17-20-24-25-21-17)13-7-3-1-4-8-13)16(12-18-22-26-27-23-18)14-9-5-2-6-10-14/h1-10,15-16H,11-12H2,(H,20,21,24,25)(H,22,23,26,27). The van der Waals surface area contributed by atoms with Gasteiger partial charge in [-0.05, 0) is 11.1 Å². The number of nitrogens with zero attached hydrogens (tertiary/aromatic N) is 6. The van der Waals surface area contributed by atoms with Crippen LogP contribution in [0.1, 0.15) is 34.6 Å². The van der Waals surface area contributed by atoms with E-state index in [0.717, 1.165) is 11.1 Å². The fraction of sp³-hybridized carbons (Fsp3) is 0.211. The van der Waals surface area contributed by atoms with Crippen molar-refractivity contribution in [1.29, 1.82) is 0 Å². The van der Waals surface area contributed by atoms with Gasteiger partial charge in [0.05, 0.1) is 11.8 Å². The second-order valence-electron chi connectivity index (χ2n) is 6.39. The first kappa shape index (κ1) is 17.7. The monoisotopic (exact) mass is 374 g/mol. The number of aromatic nitrogens is 8. The summed E-state index contributed by atoms with van der Waals surface area (Å²) in [6, 6.07) is 19.3. The highest BCUT2D eigenvalue weighted by molar-refractivity contribution is 5.92. The third-order valence-corrected chi connectivity index (χ3v) is 4.64. The van der Waals surface area contributed by atoms with E-state index < -0.39 is 11.8 Å². The summed E-state index contributed by atoms with van der Waals surface area (Å²) >= 11 is 0. The van der Waals surface area contributed by atoms with Crippen molar-refractivity contribution in [3.63, 3.8) is 0 Å². The van der Waals surface area contributed by atoms with Crippen LogP contribution in [0.4, 0.5) is 0 Å². The van der Waals surface area contributed by atoms with E-state index in [0.29, 0.717) is 24.5 Å². The van der Waals surface area contributed by atoms with Gasteiger partial charge in [0.2, 0.25) is 0 Å². The molecular weight excluding hydrogens is 356 g/mol. The molecule has 2 aromatic heterocycles. The normalized spacial score (nSPS) is 13.1. The van der Waals surface area contributed by atoms with Crippen molar-refractivity contribution in [3.05, 3.63) is 83.4 Å². The van der Waals surface area contributed by atoms with Crippen LogP contribution in [-0.4, -0.2) is 47.0 Å². The highest BCUT2D eigenvalue weighted by Crippen LogP contribution is 2.30. The number of ketones is 1. The molecule has 0 saturated carbocycles. The number of rotatable bonds is 8. The van der Waals surface area contributed by atoms with Crippen molar-refractivity contribution in [1.82, 2.24) is 41.2 Å². The van der Waals surface area contributed by atoms with E-state index in [1.54, 1.807) is 0 Å².